The molecule has 152 valence electrons. The molecule has 1 fully saturated rings. The van der Waals surface area contributed by atoms with Crippen LogP contribution in [0.25, 0.3) is 11.4 Å². The van der Waals surface area contributed by atoms with Gasteiger partial charge in [-0.3, -0.25) is 4.90 Å². The van der Waals surface area contributed by atoms with E-state index < -0.39 is 11.9 Å². The highest BCUT2D eigenvalue weighted by molar-refractivity contribution is 6.30. The Labute approximate surface area is 169 Å². The molecule has 0 N–H and O–H groups in total. The van der Waals surface area contributed by atoms with Gasteiger partial charge in [0.1, 0.15) is 0 Å². The minimum Gasteiger partial charge on any atom is -0.353 e. The summed E-state index contributed by atoms with van der Waals surface area (Å²) in [6, 6.07) is 9.46. The van der Waals surface area contributed by atoms with E-state index in [1.54, 1.807) is 12.1 Å². The van der Waals surface area contributed by atoms with Gasteiger partial charge >= 0.3 is 6.18 Å². The zero-order chi connectivity index (χ0) is 20.4. The van der Waals surface area contributed by atoms with Crippen LogP contribution in [0.5, 0.6) is 0 Å². The first-order valence-corrected chi connectivity index (χ1v) is 9.23. The molecular weight excluding hydrogens is 409 g/mol. The highest BCUT2D eigenvalue weighted by atomic mass is 35.5. The van der Waals surface area contributed by atoms with Crippen molar-refractivity contribution in [2.24, 2.45) is 0 Å². The van der Waals surface area contributed by atoms with Crippen LogP contribution in [0.4, 0.5) is 19.0 Å². The molecule has 0 bridgehead atoms. The zero-order valence-electron chi connectivity index (χ0n) is 15.1. The summed E-state index contributed by atoms with van der Waals surface area (Å²) in [6.45, 7) is 3.08. The van der Waals surface area contributed by atoms with Crippen LogP contribution in [-0.4, -0.2) is 51.4 Å². The molecular formula is C18H16ClF3N6O. The Morgan fingerprint density at radius 1 is 0.966 bits per heavy atom. The van der Waals surface area contributed by atoms with E-state index in [-0.39, 0.29) is 0 Å². The van der Waals surface area contributed by atoms with Crippen molar-refractivity contribution < 1.29 is 17.7 Å². The molecule has 7 nitrogen and oxygen atoms in total. The van der Waals surface area contributed by atoms with E-state index in [4.69, 9.17) is 16.1 Å². The third-order valence-corrected chi connectivity index (χ3v) is 4.82. The first-order chi connectivity index (χ1) is 13.9. The van der Waals surface area contributed by atoms with E-state index in [1.807, 2.05) is 17.0 Å². The third-order valence-electron chi connectivity index (χ3n) is 4.57. The Bertz CT molecular complexity index is 953. The molecule has 1 aromatic carbocycles. The molecule has 3 aromatic rings. The summed E-state index contributed by atoms with van der Waals surface area (Å²) in [5, 5.41) is 11.6. The van der Waals surface area contributed by atoms with Crippen LogP contribution in [0.1, 0.15) is 11.6 Å². The normalized spacial score (nSPS) is 15.7. The fourth-order valence-electron chi connectivity index (χ4n) is 3.01. The van der Waals surface area contributed by atoms with Crippen LogP contribution in [0.15, 0.2) is 40.9 Å². The highest BCUT2D eigenvalue weighted by Crippen LogP contribution is 2.27. The monoisotopic (exact) mass is 424 g/mol. The van der Waals surface area contributed by atoms with Crippen molar-refractivity contribution in [3.05, 3.63) is 53.0 Å². The van der Waals surface area contributed by atoms with Crippen molar-refractivity contribution >= 4 is 17.4 Å². The quantitative estimate of drug-likeness (QED) is 0.634. The molecule has 0 unspecified atom stereocenters. The van der Waals surface area contributed by atoms with E-state index in [0.29, 0.717) is 55.3 Å². The van der Waals surface area contributed by atoms with Crippen LogP contribution >= 0.6 is 11.6 Å². The number of piperazine rings is 1. The number of benzene rings is 1. The molecule has 11 heteroatoms. The number of halogens is 4. The summed E-state index contributed by atoms with van der Waals surface area (Å²) in [5.74, 6) is 1.42. The minimum atomic E-state index is -4.49. The topological polar surface area (TPSA) is 71.2 Å². The lowest BCUT2D eigenvalue weighted by atomic mass is 10.2. The van der Waals surface area contributed by atoms with Crippen molar-refractivity contribution in [1.29, 1.82) is 0 Å². The van der Waals surface area contributed by atoms with Gasteiger partial charge in [-0.2, -0.15) is 18.2 Å². The Kier molecular flexibility index (Phi) is 5.37. The maximum absolute atomic E-state index is 12.6. The van der Waals surface area contributed by atoms with Gasteiger partial charge in [0.05, 0.1) is 6.54 Å². The second-order valence-corrected chi connectivity index (χ2v) is 6.99. The smallest absolute Gasteiger partial charge is 0.353 e. The lowest BCUT2D eigenvalue weighted by Crippen LogP contribution is -2.46. The van der Waals surface area contributed by atoms with E-state index in [0.717, 1.165) is 11.6 Å². The Balaban J connectivity index is 1.33. The van der Waals surface area contributed by atoms with Gasteiger partial charge < -0.3 is 9.42 Å². The first kappa shape index (κ1) is 19.6. The first-order valence-electron chi connectivity index (χ1n) is 8.85. The molecule has 0 radical (unpaired) electrons. The van der Waals surface area contributed by atoms with Crippen LogP contribution in [0, 0.1) is 0 Å². The molecule has 0 spiro atoms. The SMILES string of the molecule is FC(F)(F)c1ccc(N2CCN(Cc3nc(-c4ccc(Cl)cc4)no3)CC2)nn1. The largest absolute Gasteiger partial charge is 0.435 e. The van der Waals surface area contributed by atoms with E-state index >= 15 is 0 Å². The Morgan fingerprint density at radius 3 is 2.31 bits per heavy atom. The number of hydrogen-bond donors (Lipinski definition) is 0. The molecule has 0 amide bonds. The van der Waals surface area contributed by atoms with Crippen LogP contribution in [-0.2, 0) is 12.7 Å². The molecule has 1 saturated heterocycles. The Hall–Kier alpha value is -2.72. The van der Waals surface area contributed by atoms with Crippen molar-refractivity contribution in [2.75, 3.05) is 31.1 Å². The number of rotatable bonds is 4. The van der Waals surface area contributed by atoms with Gasteiger partial charge in [-0.25, -0.2) is 0 Å². The van der Waals surface area contributed by atoms with E-state index in [1.165, 1.54) is 6.07 Å². The predicted molar refractivity (Wildman–Crippen MR) is 99.3 cm³/mol. The highest BCUT2D eigenvalue weighted by Gasteiger charge is 2.33. The maximum atomic E-state index is 12.6. The summed E-state index contributed by atoms with van der Waals surface area (Å²) in [4.78, 5) is 8.44. The summed E-state index contributed by atoms with van der Waals surface area (Å²) >= 11 is 5.88. The molecule has 4 rings (SSSR count). The molecule has 29 heavy (non-hydrogen) atoms. The summed E-state index contributed by atoms with van der Waals surface area (Å²) < 4.78 is 43.1. The average molecular weight is 425 g/mol. The number of nitrogens with zero attached hydrogens (tertiary/aromatic N) is 6. The Morgan fingerprint density at radius 2 is 1.69 bits per heavy atom. The summed E-state index contributed by atoms with van der Waals surface area (Å²) in [6.07, 6.45) is -4.49. The number of hydrogen-bond acceptors (Lipinski definition) is 7. The molecule has 0 aliphatic carbocycles. The minimum absolute atomic E-state index is 0.431. The zero-order valence-corrected chi connectivity index (χ0v) is 15.9. The number of aromatic nitrogens is 4. The third kappa shape index (κ3) is 4.65. The lowest BCUT2D eigenvalue weighted by Gasteiger charge is -2.34. The second-order valence-electron chi connectivity index (χ2n) is 6.56. The predicted octanol–water partition coefficient (Wildman–Crippen LogP) is 3.52. The van der Waals surface area contributed by atoms with Gasteiger partial charge in [-0.05, 0) is 36.4 Å². The number of anilines is 1. The van der Waals surface area contributed by atoms with Crippen LogP contribution < -0.4 is 4.90 Å². The van der Waals surface area contributed by atoms with Gasteiger partial charge in [-0.15, -0.1) is 10.2 Å². The van der Waals surface area contributed by atoms with E-state index in [2.05, 4.69) is 25.2 Å². The summed E-state index contributed by atoms with van der Waals surface area (Å²) in [5.41, 5.74) is -0.178. The molecule has 1 aliphatic heterocycles. The second kappa shape index (κ2) is 7.96. The van der Waals surface area contributed by atoms with Gasteiger partial charge in [0.2, 0.25) is 11.7 Å². The van der Waals surface area contributed by atoms with Gasteiger partial charge in [0.15, 0.2) is 11.5 Å². The summed E-state index contributed by atoms with van der Waals surface area (Å²) in [7, 11) is 0. The van der Waals surface area contributed by atoms with Gasteiger partial charge in [0, 0.05) is 36.8 Å². The van der Waals surface area contributed by atoms with Crippen molar-refractivity contribution in [2.45, 2.75) is 12.7 Å². The molecule has 2 aromatic heterocycles. The molecule has 0 atom stereocenters. The van der Waals surface area contributed by atoms with Crippen LogP contribution in [0.2, 0.25) is 5.02 Å². The van der Waals surface area contributed by atoms with Crippen molar-refractivity contribution in [3.8, 4) is 11.4 Å². The fourth-order valence-corrected chi connectivity index (χ4v) is 3.13. The molecule has 1 aliphatic rings. The van der Waals surface area contributed by atoms with Gasteiger partial charge in [0.25, 0.3) is 0 Å². The van der Waals surface area contributed by atoms with Crippen LogP contribution in [0.3, 0.4) is 0 Å². The van der Waals surface area contributed by atoms with E-state index in [9.17, 15) is 13.2 Å². The number of alkyl halides is 3. The molecule has 3 heterocycles. The molecule has 0 saturated carbocycles. The fraction of sp³-hybridized carbons (Fsp3) is 0.333. The lowest BCUT2D eigenvalue weighted by molar-refractivity contribution is -0.141. The average Bonchev–Trinajstić information content (AvgIpc) is 3.17. The van der Waals surface area contributed by atoms with Crippen molar-refractivity contribution in [1.82, 2.24) is 25.2 Å². The van der Waals surface area contributed by atoms with Crippen molar-refractivity contribution in [3.63, 3.8) is 0 Å². The standard InChI is InChI=1S/C18H16ClF3N6O/c19-13-3-1-12(2-4-13)17-23-16(29-26-17)11-27-7-9-28(10-8-27)15-6-5-14(24-25-15)18(20,21)22/h1-6H,7-11H2. The maximum Gasteiger partial charge on any atom is 0.435 e. The van der Waals surface area contributed by atoms with Gasteiger partial charge in [-0.1, -0.05) is 16.8 Å².